The molecule has 210 valence electrons. The molecule has 1 aliphatic heterocycles. The largest absolute Gasteiger partial charge is 0.335 e. The number of para-hydroxylation sites is 1. The fourth-order valence-electron chi connectivity index (χ4n) is 9.69. The van der Waals surface area contributed by atoms with E-state index >= 15 is 0 Å². The molecule has 2 atom stereocenters. The molecule has 3 aliphatic carbocycles. The normalized spacial score (nSPS) is 21.0. The molecule has 44 heavy (non-hydrogen) atoms. The van der Waals surface area contributed by atoms with Crippen LogP contribution >= 0.6 is 0 Å². The van der Waals surface area contributed by atoms with Gasteiger partial charge in [0.15, 0.2) is 0 Å². The first kappa shape index (κ1) is 24.6. The summed E-state index contributed by atoms with van der Waals surface area (Å²) in [6, 6.07) is 52.8. The molecule has 0 saturated heterocycles. The maximum atomic E-state index is 2.64. The van der Waals surface area contributed by atoms with Crippen molar-refractivity contribution in [2.24, 2.45) is 0 Å². The molecule has 6 aromatic rings. The van der Waals surface area contributed by atoms with Gasteiger partial charge in [0.1, 0.15) is 0 Å². The fourth-order valence-corrected chi connectivity index (χ4v) is 9.69. The van der Waals surface area contributed by atoms with Crippen molar-refractivity contribution in [3.8, 4) is 33.4 Å². The molecule has 1 fully saturated rings. The van der Waals surface area contributed by atoms with E-state index in [-0.39, 0.29) is 11.0 Å². The van der Waals surface area contributed by atoms with E-state index in [9.17, 15) is 0 Å². The average Bonchev–Trinajstić information content (AvgIpc) is 3.77. The molecule has 0 radical (unpaired) electrons. The minimum absolute atomic E-state index is 0.134. The molecule has 6 aromatic carbocycles. The van der Waals surface area contributed by atoms with Crippen molar-refractivity contribution in [2.75, 3.05) is 4.90 Å². The first-order chi connectivity index (χ1) is 21.7. The number of benzene rings is 6. The van der Waals surface area contributed by atoms with Gasteiger partial charge in [0.25, 0.3) is 0 Å². The zero-order valence-corrected chi connectivity index (χ0v) is 24.9. The lowest BCUT2D eigenvalue weighted by Crippen LogP contribution is -2.40. The Bertz CT molecular complexity index is 2090. The highest BCUT2D eigenvalue weighted by Gasteiger charge is 2.53. The number of hydrogen-bond donors (Lipinski definition) is 0. The van der Waals surface area contributed by atoms with E-state index in [0.29, 0.717) is 5.92 Å². The Morgan fingerprint density at radius 3 is 1.77 bits per heavy atom. The summed E-state index contributed by atoms with van der Waals surface area (Å²) in [5.41, 5.74) is 17.7. The second kappa shape index (κ2) is 8.61. The fraction of sp³-hybridized carbons (Fsp3) is 0.163. The molecule has 0 amide bonds. The number of hydrogen-bond acceptors (Lipinski definition) is 1. The van der Waals surface area contributed by atoms with Crippen LogP contribution in [0, 0.1) is 0 Å². The summed E-state index contributed by atoms with van der Waals surface area (Å²) < 4.78 is 0. The highest BCUT2D eigenvalue weighted by atomic mass is 15.2. The van der Waals surface area contributed by atoms with E-state index in [0.717, 1.165) is 0 Å². The van der Waals surface area contributed by atoms with Crippen molar-refractivity contribution >= 4 is 11.4 Å². The quantitative estimate of drug-likeness (QED) is 0.202. The smallest absolute Gasteiger partial charge is 0.0725 e. The number of anilines is 2. The van der Waals surface area contributed by atoms with Crippen molar-refractivity contribution < 1.29 is 0 Å². The molecule has 2 unspecified atom stereocenters. The van der Waals surface area contributed by atoms with Crippen LogP contribution in [0.25, 0.3) is 33.4 Å². The van der Waals surface area contributed by atoms with Crippen molar-refractivity contribution in [3.05, 3.63) is 167 Å². The van der Waals surface area contributed by atoms with Gasteiger partial charge in [0.2, 0.25) is 0 Å². The van der Waals surface area contributed by atoms with E-state index in [1.54, 1.807) is 0 Å². The van der Waals surface area contributed by atoms with Crippen LogP contribution in [-0.4, -0.2) is 5.54 Å². The van der Waals surface area contributed by atoms with Gasteiger partial charge in [-0.2, -0.15) is 0 Å². The third-order valence-corrected chi connectivity index (χ3v) is 11.4. The molecule has 1 heterocycles. The van der Waals surface area contributed by atoms with E-state index in [4.69, 9.17) is 0 Å². The minimum atomic E-state index is -0.280. The second-order valence-electron chi connectivity index (χ2n) is 13.4. The van der Waals surface area contributed by atoms with E-state index in [2.05, 4.69) is 151 Å². The van der Waals surface area contributed by atoms with Gasteiger partial charge in [-0.25, -0.2) is 0 Å². The molecule has 10 rings (SSSR count). The van der Waals surface area contributed by atoms with Crippen molar-refractivity contribution in [3.63, 3.8) is 0 Å². The molecular weight excluding hydrogens is 530 g/mol. The summed E-state index contributed by atoms with van der Waals surface area (Å²) in [5.74, 6) is 0.558. The minimum Gasteiger partial charge on any atom is -0.335 e. The van der Waals surface area contributed by atoms with Gasteiger partial charge >= 0.3 is 0 Å². The zero-order valence-electron chi connectivity index (χ0n) is 24.9. The van der Waals surface area contributed by atoms with Crippen LogP contribution < -0.4 is 4.90 Å². The van der Waals surface area contributed by atoms with Crippen LogP contribution in [0.5, 0.6) is 0 Å². The molecule has 1 saturated carbocycles. The molecule has 0 aromatic heterocycles. The van der Waals surface area contributed by atoms with Gasteiger partial charge in [0, 0.05) is 22.8 Å². The van der Waals surface area contributed by atoms with Gasteiger partial charge in [-0.3, -0.25) is 0 Å². The summed E-state index contributed by atoms with van der Waals surface area (Å²) >= 11 is 0. The maximum absolute atomic E-state index is 2.64. The molecule has 0 bridgehead atoms. The number of nitrogens with zero attached hydrogens (tertiary/aromatic N) is 1. The lowest BCUT2D eigenvalue weighted by molar-refractivity contribution is 0.451. The first-order valence-electron chi connectivity index (χ1n) is 16.1. The summed E-state index contributed by atoms with van der Waals surface area (Å²) in [6.45, 7) is 2.49. The lowest BCUT2D eigenvalue weighted by Gasteiger charge is -2.37. The highest BCUT2D eigenvalue weighted by Crippen LogP contribution is 2.63. The highest BCUT2D eigenvalue weighted by molar-refractivity contribution is 5.96. The predicted molar refractivity (Wildman–Crippen MR) is 182 cm³/mol. The van der Waals surface area contributed by atoms with Crippen LogP contribution in [-0.2, 0) is 5.41 Å². The van der Waals surface area contributed by atoms with E-state index in [1.807, 2.05) is 0 Å². The number of rotatable bonds is 2. The third kappa shape index (κ3) is 2.90. The van der Waals surface area contributed by atoms with Gasteiger partial charge < -0.3 is 4.90 Å². The monoisotopic (exact) mass is 563 g/mol. The average molecular weight is 564 g/mol. The summed E-state index contributed by atoms with van der Waals surface area (Å²) in [4.78, 5) is 2.64. The SMILES string of the molecule is CC12CCCC1c1cc(-c3ccc4c(c3)-c3ccccc3C43c4ccccc4-c4ccccc43)ccc1N2c1ccccc1. The van der Waals surface area contributed by atoms with Crippen molar-refractivity contribution in [2.45, 2.75) is 43.1 Å². The molecule has 0 N–H and O–H groups in total. The van der Waals surface area contributed by atoms with Gasteiger partial charge in [-0.15, -0.1) is 0 Å². The molecule has 4 aliphatic rings. The van der Waals surface area contributed by atoms with E-state index in [1.165, 1.54) is 91.8 Å². The lowest BCUT2D eigenvalue weighted by atomic mass is 9.70. The Labute approximate surface area is 259 Å². The van der Waals surface area contributed by atoms with Crippen LogP contribution in [0.4, 0.5) is 11.4 Å². The van der Waals surface area contributed by atoms with Gasteiger partial charge in [0.05, 0.1) is 5.41 Å². The molecule has 1 heteroatoms. The Balaban J connectivity index is 1.16. The number of fused-ring (bicyclic) bond motifs is 13. The van der Waals surface area contributed by atoms with Gasteiger partial charge in [-0.05, 0) is 111 Å². The third-order valence-electron chi connectivity index (χ3n) is 11.4. The van der Waals surface area contributed by atoms with Crippen LogP contribution in [0.15, 0.2) is 140 Å². The molecular formula is C43H33N. The van der Waals surface area contributed by atoms with Gasteiger partial charge in [-0.1, -0.05) is 116 Å². The van der Waals surface area contributed by atoms with Crippen molar-refractivity contribution in [1.82, 2.24) is 0 Å². The van der Waals surface area contributed by atoms with Crippen LogP contribution in [0.2, 0.25) is 0 Å². The first-order valence-corrected chi connectivity index (χ1v) is 16.1. The maximum Gasteiger partial charge on any atom is 0.0725 e. The van der Waals surface area contributed by atoms with E-state index < -0.39 is 0 Å². The molecule has 1 nitrogen and oxygen atoms in total. The topological polar surface area (TPSA) is 3.24 Å². The Morgan fingerprint density at radius 2 is 1.09 bits per heavy atom. The zero-order chi connectivity index (χ0) is 29.0. The summed E-state index contributed by atoms with van der Waals surface area (Å²) in [7, 11) is 0. The standard InChI is InChI=1S/C43H33N/c1-42-25-11-20-36(42)35-27-29(22-24-41(35)44(42)30-12-3-2-4-13-30)28-21-23-40-34(26-28)33-16-7-10-19-39(33)43(40)37-17-8-5-14-31(37)32-15-6-9-18-38(32)43/h2-10,12-19,21-24,26-27,36H,11,20,25H2,1H3. The summed E-state index contributed by atoms with van der Waals surface area (Å²) in [5, 5.41) is 0. The van der Waals surface area contributed by atoms with Crippen molar-refractivity contribution in [1.29, 1.82) is 0 Å². The van der Waals surface area contributed by atoms with Crippen LogP contribution in [0.3, 0.4) is 0 Å². The Hall–Kier alpha value is -4.88. The second-order valence-corrected chi connectivity index (χ2v) is 13.4. The summed E-state index contributed by atoms with van der Waals surface area (Å²) in [6.07, 6.45) is 3.78. The Kier molecular flexibility index (Phi) is 4.80. The molecule has 1 spiro atoms. The Morgan fingerprint density at radius 1 is 0.545 bits per heavy atom. The predicted octanol–water partition coefficient (Wildman–Crippen LogP) is 10.9. The van der Waals surface area contributed by atoms with Crippen LogP contribution in [0.1, 0.15) is 59.9 Å².